The normalized spacial score (nSPS) is 26.4. The summed E-state index contributed by atoms with van der Waals surface area (Å²) in [6.45, 7) is 1.45. The number of hydrogen-bond acceptors (Lipinski definition) is 3. The lowest BCUT2D eigenvalue weighted by molar-refractivity contribution is -0.123. The average molecular weight is 246 g/mol. The molecule has 1 aromatic carbocycles. The summed E-state index contributed by atoms with van der Waals surface area (Å²) in [5.74, 6) is 1.17. The number of benzene rings is 1. The van der Waals surface area contributed by atoms with Crippen LogP contribution in [0.25, 0.3) is 0 Å². The average Bonchev–Trinajstić information content (AvgIpc) is 2.91. The minimum absolute atomic E-state index is 0.000787. The molecule has 0 aliphatic carbocycles. The Bertz CT molecular complexity index is 435. The lowest BCUT2D eigenvalue weighted by Gasteiger charge is -2.25. The van der Waals surface area contributed by atoms with Crippen LogP contribution < -0.4 is 4.74 Å². The predicted molar refractivity (Wildman–Crippen MR) is 67.9 cm³/mol. The molecule has 0 radical (unpaired) electrons. The molecule has 0 saturated carbocycles. The topological polar surface area (TPSA) is 35.5 Å². The number of ether oxygens (including phenoxy) is 2. The third-order valence-electron chi connectivity index (χ3n) is 3.80. The largest absolute Gasteiger partial charge is 0.493 e. The molecule has 0 N–H and O–H groups in total. The van der Waals surface area contributed by atoms with E-state index >= 15 is 0 Å². The smallest absolute Gasteiger partial charge is 0.143 e. The van der Waals surface area contributed by atoms with Gasteiger partial charge in [-0.15, -0.1) is 0 Å². The van der Waals surface area contributed by atoms with Gasteiger partial charge in [0.2, 0.25) is 0 Å². The van der Waals surface area contributed by atoms with Gasteiger partial charge in [0, 0.05) is 24.5 Å². The van der Waals surface area contributed by atoms with Gasteiger partial charge in [-0.05, 0) is 25.3 Å². The molecule has 3 nitrogen and oxygen atoms in total. The van der Waals surface area contributed by atoms with E-state index in [0.29, 0.717) is 18.8 Å². The Hall–Kier alpha value is -1.35. The van der Waals surface area contributed by atoms with Crippen molar-refractivity contribution < 1.29 is 14.3 Å². The summed E-state index contributed by atoms with van der Waals surface area (Å²) in [6.07, 6.45) is 3.60. The molecule has 2 aliphatic rings. The highest BCUT2D eigenvalue weighted by molar-refractivity contribution is 5.87. The van der Waals surface area contributed by atoms with Crippen LogP contribution >= 0.6 is 0 Å². The molecule has 0 amide bonds. The van der Waals surface area contributed by atoms with E-state index < -0.39 is 0 Å². The molecule has 2 aliphatic heterocycles. The molecule has 2 atom stereocenters. The number of fused-ring (bicyclic) bond motifs is 1. The van der Waals surface area contributed by atoms with Crippen LogP contribution in [0.5, 0.6) is 5.75 Å². The Kier molecular flexibility index (Phi) is 3.33. The number of ketones is 1. The van der Waals surface area contributed by atoms with Crippen molar-refractivity contribution in [1.82, 2.24) is 0 Å². The number of para-hydroxylation sites is 1. The summed E-state index contributed by atoms with van der Waals surface area (Å²) in [4.78, 5) is 12.4. The molecule has 3 heteroatoms. The molecule has 0 aromatic heterocycles. The summed E-state index contributed by atoms with van der Waals surface area (Å²) in [7, 11) is 0. The van der Waals surface area contributed by atoms with Gasteiger partial charge in [-0.25, -0.2) is 0 Å². The molecule has 3 rings (SSSR count). The Balaban J connectivity index is 1.74. The van der Waals surface area contributed by atoms with Crippen molar-refractivity contribution in [2.75, 3.05) is 13.2 Å². The van der Waals surface area contributed by atoms with Gasteiger partial charge in [0.1, 0.15) is 11.5 Å². The van der Waals surface area contributed by atoms with E-state index in [-0.39, 0.29) is 12.0 Å². The standard InChI is InChI=1S/C15H18O3/c16-14(10-11-4-3-8-17-11)12-7-9-18-15-6-2-1-5-13(12)15/h1-2,5-6,11-12H,3-4,7-10H2. The second kappa shape index (κ2) is 5.11. The molecule has 0 bridgehead atoms. The Morgan fingerprint density at radius 1 is 1.22 bits per heavy atom. The molecular weight excluding hydrogens is 228 g/mol. The van der Waals surface area contributed by atoms with E-state index in [9.17, 15) is 4.79 Å². The first kappa shape index (κ1) is 11.7. The van der Waals surface area contributed by atoms with E-state index in [4.69, 9.17) is 9.47 Å². The molecule has 0 spiro atoms. The molecular formula is C15H18O3. The Labute approximate surface area is 107 Å². The maximum absolute atomic E-state index is 12.4. The van der Waals surface area contributed by atoms with Crippen molar-refractivity contribution in [3.63, 3.8) is 0 Å². The van der Waals surface area contributed by atoms with Crippen LogP contribution in [-0.2, 0) is 9.53 Å². The number of carbonyl (C=O) groups is 1. The molecule has 1 aromatic rings. The molecule has 1 fully saturated rings. The van der Waals surface area contributed by atoms with E-state index in [1.165, 1.54) is 0 Å². The first-order chi connectivity index (χ1) is 8.84. The number of Topliss-reactive ketones (excluding diaryl/α,β-unsaturated/α-hetero) is 1. The monoisotopic (exact) mass is 246 g/mol. The highest BCUT2D eigenvalue weighted by atomic mass is 16.5. The fraction of sp³-hybridized carbons (Fsp3) is 0.533. The first-order valence-corrected chi connectivity index (χ1v) is 6.70. The van der Waals surface area contributed by atoms with Crippen LogP contribution in [0.15, 0.2) is 24.3 Å². The summed E-state index contributed by atoms with van der Waals surface area (Å²) < 4.78 is 11.1. The van der Waals surface area contributed by atoms with Crippen LogP contribution in [-0.4, -0.2) is 25.1 Å². The first-order valence-electron chi connectivity index (χ1n) is 6.70. The van der Waals surface area contributed by atoms with E-state index in [1.807, 2.05) is 24.3 Å². The van der Waals surface area contributed by atoms with Crippen LogP contribution in [0.4, 0.5) is 0 Å². The van der Waals surface area contributed by atoms with E-state index in [0.717, 1.165) is 37.2 Å². The SMILES string of the molecule is O=C(CC1CCCO1)C1CCOc2ccccc21. The number of hydrogen-bond donors (Lipinski definition) is 0. The zero-order valence-electron chi connectivity index (χ0n) is 10.4. The maximum Gasteiger partial charge on any atom is 0.143 e. The van der Waals surface area contributed by atoms with Gasteiger partial charge in [-0.3, -0.25) is 4.79 Å². The van der Waals surface area contributed by atoms with Gasteiger partial charge in [-0.1, -0.05) is 18.2 Å². The minimum Gasteiger partial charge on any atom is -0.493 e. The van der Waals surface area contributed by atoms with Crippen LogP contribution in [0.3, 0.4) is 0 Å². The van der Waals surface area contributed by atoms with Crippen LogP contribution in [0.2, 0.25) is 0 Å². The minimum atomic E-state index is -0.000787. The maximum atomic E-state index is 12.4. The fourth-order valence-corrected chi connectivity index (χ4v) is 2.85. The summed E-state index contributed by atoms with van der Waals surface area (Å²) in [5, 5.41) is 0. The molecule has 96 valence electrons. The van der Waals surface area contributed by atoms with Crippen molar-refractivity contribution in [3.8, 4) is 5.75 Å². The second-order valence-electron chi connectivity index (χ2n) is 5.03. The third kappa shape index (κ3) is 2.27. The van der Waals surface area contributed by atoms with Crippen molar-refractivity contribution in [1.29, 1.82) is 0 Å². The van der Waals surface area contributed by atoms with Gasteiger partial charge in [0.05, 0.1) is 12.7 Å². The van der Waals surface area contributed by atoms with Crippen molar-refractivity contribution in [2.24, 2.45) is 0 Å². The van der Waals surface area contributed by atoms with Gasteiger partial charge < -0.3 is 9.47 Å². The fourth-order valence-electron chi connectivity index (χ4n) is 2.85. The Morgan fingerprint density at radius 2 is 2.11 bits per heavy atom. The zero-order chi connectivity index (χ0) is 12.4. The van der Waals surface area contributed by atoms with Gasteiger partial charge in [0.25, 0.3) is 0 Å². The van der Waals surface area contributed by atoms with Crippen LogP contribution in [0, 0.1) is 0 Å². The summed E-state index contributed by atoms with van der Waals surface area (Å²) in [5.41, 5.74) is 1.05. The van der Waals surface area contributed by atoms with Crippen molar-refractivity contribution in [3.05, 3.63) is 29.8 Å². The van der Waals surface area contributed by atoms with E-state index in [1.54, 1.807) is 0 Å². The summed E-state index contributed by atoms with van der Waals surface area (Å²) in [6, 6.07) is 7.87. The number of rotatable bonds is 3. The van der Waals surface area contributed by atoms with Crippen molar-refractivity contribution >= 4 is 5.78 Å². The highest BCUT2D eigenvalue weighted by Crippen LogP contribution is 2.35. The third-order valence-corrected chi connectivity index (χ3v) is 3.80. The van der Waals surface area contributed by atoms with Gasteiger partial charge >= 0.3 is 0 Å². The van der Waals surface area contributed by atoms with E-state index in [2.05, 4.69) is 0 Å². The molecule has 1 saturated heterocycles. The lowest BCUT2D eigenvalue weighted by atomic mass is 9.87. The lowest BCUT2D eigenvalue weighted by Crippen LogP contribution is -2.24. The quantitative estimate of drug-likeness (QED) is 0.822. The predicted octanol–water partition coefficient (Wildman–Crippen LogP) is 2.69. The second-order valence-corrected chi connectivity index (χ2v) is 5.03. The zero-order valence-corrected chi connectivity index (χ0v) is 10.4. The Morgan fingerprint density at radius 3 is 2.94 bits per heavy atom. The number of carbonyl (C=O) groups excluding carboxylic acids is 1. The molecule has 18 heavy (non-hydrogen) atoms. The highest BCUT2D eigenvalue weighted by Gasteiger charge is 2.29. The van der Waals surface area contributed by atoms with Crippen molar-refractivity contribution in [2.45, 2.75) is 37.7 Å². The molecule has 2 heterocycles. The summed E-state index contributed by atoms with van der Waals surface area (Å²) >= 11 is 0. The van der Waals surface area contributed by atoms with Gasteiger partial charge in [0.15, 0.2) is 0 Å². The van der Waals surface area contributed by atoms with Crippen LogP contribution in [0.1, 0.15) is 37.2 Å². The van der Waals surface area contributed by atoms with Gasteiger partial charge in [-0.2, -0.15) is 0 Å². The molecule has 2 unspecified atom stereocenters.